The molecule has 0 saturated carbocycles. The second kappa shape index (κ2) is 12.7. The van der Waals surface area contributed by atoms with E-state index in [0.29, 0.717) is 32.1 Å². The fourth-order valence-corrected chi connectivity index (χ4v) is 7.89. The molecule has 0 N–H and O–H groups in total. The van der Waals surface area contributed by atoms with Crippen LogP contribution in [-0.4, -0.2) is 96.8 Å². The summed E-state index contributed by atoms with van der Waals surface area (Å²) in [5, 5.41) is 0. The van der Waals surface area contributed by atoms with Crippen molar-refractivity contribution in [2.75, 3.05) is 64.9 Å². The van der Waals surface area contributed by atoms with E-state index in [1.54, 1.807) is 48.5 Å². The second-order valence-electron chi connectivity index (χ2n) is 11.2. The maximum Gasteiger partial charge on any atom is 0.283 e. The lowest BCUT2D eigenvalue weighted by Crippen LogP contribution is -2.46. The molecule has 0 radical (unpaired) electrons. The van der Waals surface area contributed by atoms with Gasteiger partial charge in [-0.3, -0.25) is 4.90 Å². The third-order valence-corrected chi connectivity index (χ3v) is 11.0. The zero-order chi connectivity index (χ0) is 30.8. The lowest BCUT2D eigenvalue weighted by Gasteiger charge is -2.35. The summed E-state index contributed by atoms with van der Waals surface area (Å²) in [7, 11) is -4.14. The SMILES string of the molecule is Cc1ccc(S(=O)(=O)/N=C(/CN2CCOCC2)N2CCN(S(=O)(=O)c3ccc(C)cc3)C2c2ccc(N(C)C)cc2)cc1. The summed E-state index contributed by atoms with van der Waals surface area (Å²) in [4.78, 5) is 6.17. The van der Waals surface area contributed by atoms with Gasteiger partial charge < -0.3 is 14.5 Å². The van der Waals surface area contributed by atoms with Gasteiger partial charge in [0.15, 0.2) is 0 Å². The largest absolute Gasteiger partial charge is 0.379 e. The van der Waals surface area contributed by atoms with E-state index in [9.17, 15) is 16.8 Å². The van der Waals surface area contributed by atoms with E-state index < -0.39 is 26.2 Å². The lowest BCUT2D eigenvalue weighted by molar-refractivity contribution is 0.0438. The van der Waals surface area contributed by atoms with Crippen molar-refractivity contribution in [3.05, 3.63) is 89.5 Å². The van der Waals surface area contributed by atoms with E-state index in [-0.39, 0.29) is 29.4 Å². The third kappa shape index (κ3) is 6.94. The van der Waals surface area contributed by atoms with Gasteiger partial charge in [-0.15, -0.1) is 4.40 Å². The van der Waals surface area contributed by atoms with Gasteiger partial charge in [-0.1, -0.05) is 47.5 Å². The van der Waals surface area contributed by atoms with Crippen LogP contribution in [0.3, 0.4) is 0 Å². The number of nitrogens with zero attached hydrogens (tertiary/aromatic N) is 5. The maximum atomic E-state index is 14.1. The number of sulfonamides is 2. The molecule has 0 aromatic heterocycles. The number of hydrogen-bond donors (Lipinski definition) is 0. The summed E-state index contributed by atoms with van der Waals surface area (Å²) in [6, 6.07) is 21.0. The number of morpholine rings is 1. The first-order chi connectivity index (χ1) is 20.5. The molecule has 3 aromatic rings. The van der Waals surface area contributed by atoms with Crippen molar-refractivity contribution in [1.82, 2.24) is 14.1 Å². The van der Waals surface area contributed by atoms with Crippen LogP contribution in [0.2, 0.25) is 0 Å². The molecule has 3 aromatic carbocycles. The molecule has 2 fully saturated rings. The predicted molar refractivity (Wildman–Crippen MR) is 168 cm³/mol. The minimum absolute atomic E-state index is 0.0905. The Morgan fingerprint density at radius 1 is 0.791 bits per heavy atom. The molecule has 2 aliphatic heterocycles. The number of hydrogen-bond acceptors (Lipinski definition) is 7. The van der Waals surface area contributed by atoms with Crippen LogP contribution < -0.4 is 4.90 Å². The fraction of sp³-hybridized carbons (Fsp3) is 0.387. The van der Waals surface area contributed by atoms with Gasteiger partial charge in [-0.25, -0.2) is 8.42 Å². The molecule has 2 heterocycles. The van der Waals surface area contributed by atoms with Gasteiger partial charge in [0, 0.05) is 46.0 Å². The normalized spacial score (nSPS) is 19.1. The summed E-state index contributed by atoms with van der Waals surface area (Å²) in [6.07, 6.45) is -0.796. The molecule has 0 spiro atoms. The summed E-state index contributed by atoms with van der Waals surface area (Å²) < 4.78 is 66.9. The Hall–Kier alpha value is -3.29. The Kier molecular flexibility index (Phi) is 9.23. The quantitative estimate of drug-likeness (QED) is 0.277. The molecule has 10 nitrogen and oxygen atoms in total. The molecule has 12 heteroatoms. The van der Waals surface area contributed by atoms with Crippen molar-refractivity contribution in [3.63, 3.8) is 0 Å². The van der Waals surface area contributed by atoms with Crippen molar-refractivity contribution in [1.29, 1.82) is 0 Å². The molecule has 230 valence electrons. The molecule has 43 heavy (non-hydrogen) atoms. The lowest BCUT2D eigenvalue weighted by atomic mass is 10.1. The van der Waals surface area contributed by atoms with Crippen molar-refractivity contribution in [2.24, 2.45) is 4.40 Å². The molecule has 2 saturated heterocycles. The molecule has 2 aliphatic rings. The first kappa shape index (κ1) is 31.1. The van der Waals surface area contributed by atoms with Crippen LogP contribution in [0.25, 0.3) is 0 Å². The van der Waals surface area contributed by atoms with Crippen LogP contribution in [0.1, 0.15) is 22.9 Å². The second-order valence-corrected chi connectivity index (χ2v) is 14.7. The maximum absolute atomic E-state index is 14.1. The van der Waals surface area contributed by atoms with E-state index >= 15 is 0 Å². The minimum atomic E-state index is -4.08. The zero-order valence-electron chi connectivity index (χ0n) is 25.0. The zero-order valence-corrected chi connectivity index (χ0v) is 26.7. The highest BCUT2D eigenvalue weighted by atomic mass is 32.2. The Labute approximate surface area is 255 Å². The van der Waals surface area contributed by atoms with E-state index in [1.807, 2.05) is 62.0 Å². The number of amidine groups is 1. The van der Waals surface area contributed by atoms with E-state index in [0.717, 1.165) is 22.4 Å². The van der Waals surface area contributed by atoms with Crippen LogP contribution in [0.4, 0.5) is 5.69 Å². The monoisotopic (exact) mass is 625 g/mol. The third-order valence-electron chi connectivity index (χ3n) is 7.81. The average Bonchev–Trinajstić information content (AvgIpc) is 3.44. The molecule has 0 aliphatic carbocycles. The topological polar surface area (TPSA) is 103 Å². The van der Waals surface area contributed by atoms with Gasteiger partial charge in [0.05, 0.1) is 29.5 Å². The average molecular weight is 626 g/mol. The number of benzene rings is 3. The highest BCUT2D eigenvalue weighted by molar-refractivity contribution is 7.90. The highest BCUT2D eigenvalue weighted by Crippen LogP contribution is 2.36. The molecule has 0 bridgehead atoms. The predicted octanol–water partition coefficient (Wildman–Crippen LogP) is 3.49. The highest BCUT2D eigenvalue weighted by Gasteiger charge is 2.43. The Bertz CT molecular complexity index is 1650. The Morgan fingerprint density at radius 3 is 1.91 bits per heavy atom. The van der Waals surface area contributed by atoms with Crippen LogP contribution >= 0.6 is 0 Å². The van der Waals surface area contributed by atoms with Gasteiger partial charge in [-0.2, -0.15) is 12.7 Å². The number of rotatable bonds is 8. The fourth-order valence-electron chi connectivity index (χ4n) is 5.30. The minimum Gasteiger partial charge on any atom is -0.379 e. The van der Waals surface area contributed by atoms with Gasteiger partial charge >= 0.3 is 0 Å². The van der Waals surface area contributed by atoms with Crippen molar-refractivity contribution in [2.45, 2.75) is 29.8 Å². The van der Waals surface area contributed by atoms with Crippen LogP contribution in [0, 0.1) is 13.8 Å². The van der Waals surface area contributed by atoms with Gasteiger partial charge in [0.1, 0.15) is 12.0 Å². The molecule has 0 amide bonds. The Balaban J connectivity index is 1.62. The van der Waals surface area contributed by atoms with Crippen LogP contribution in [0.5, 0.6) is 0 Å². The number of anilines is 1. The number of ether oxygens (including phenoxy) is 1. The Morgan fingerprint density at radius 2 is 1.35 bits per heavy atom. The summed E-state index contributed by atoms with van der Waals surface area (Å²) in [5.41, 5.74) is 3.58. The standard InChI is InChI=1S/C31H39N5O5S2/c1-24-5-13-28(14-6-24)42(37,38)32-30(23-34-19-21-41-22-20-34)35-17-18-36(43(39,40)29-15-7-25(2)8-16-29)31(35)26-9-11-27(12-10-26)33(3)4/h5-16,31H,17-23H2,1-4H3/b32-30-. The number of aryl methyl sites for hydroxylation is 2. The van der Waals surface area contributed by atoms with E-state index in [2.05, 4.69) is 9.30 Å². The molecular formula is C31H39N5O5S2. The van der Waals surface area contributed by atoms with Crippen molar-refractivity contribution >= 4 is 31.6 Å². The van der Waals surface area contributed by atoms with Gasteiger partial charge in [-0.05, 0) is 55.8 Å². The summed E-state index contributed by atoms with van der Waals surface area (Å²) in [6.45, 7) is 6.77. The van der Waals surface area contributed by atoms with Crippen molar-refractivity contribution in [3.8, 4) is 0 Å². The molecular weight excluding hydrogens is 587 g/mol. The smallest absolute Gasteiger partial charge is 0.283 e. The van der Waals surface area contributed by atoms with E-state index in [1.165, 1.54) is 4.31 Å². The van der Waals surface area contributed by atoms with E-state index in [4.69, 9.17) is 4.74 Å². The summed E-state index contributed by atoms with van der Waals surface area (Å²) in [5.74, 6) is 0.297. The van der Waals surface area contributed by atoms with Crippen LogP contribution in [-0.2, 0) is 24.8 Å². The van der Waals surface area contributed by atoms with Crippen LogP contribution in [0.15, 0.2) is 87.0 Å². The first-order valence-corrected chi connectivity index (χ1v) is 17.2. The first-order valence-electron chi connectivity index (χ1n) is 14.3. The molecule has 1 unspecified atom stereocenters. The van der Waals surface area contributed by atoms with Gasteiger partial charge in [0.2, 0.25) is 10.0 Å². The summed E-state index contributed by atoms with van der Waals surface area (Å²) >= 11 is 0. The van der Waals surface area contributed by atoms with Gasteiger partial charge in [0.25, 0.3) is 10.0 Å². The van der Waals surface area contributed by atoms with Crippen molar-refractivity contribution < 1.29 is 21.6 Å². The molecule has 5 rings (SSSR count). The molecule has 1 atom stereocenters.